The number of furan rings is 1. The van der Waals surface area contributed by atoms with Gasteiger partial charge >= 0.3 is 0 Å². The van der Waals surface area contributed by atoms with E-state index in [1.54, 1.807) is 12.1 Å². The first-order valence-electron chi connectivity index (χ1n) is 8.62. The van der Waals surface area contributed by atoms with Crippen molar-refractivity contribution in [3.63, 3.8) is 0 Å². The maximum absolute atomic E-state index is 12.5. The predicted octanol–water partition coefficient (Wildman–Crippen LogP) is 6.27. The lowest BCUT2D eigenvalue weighted by molar-refractivity contribution is 0.0980. The van der Waals surface area contributed by atoms with E-state index in [0.717, 1.165) is 21.4 Å². The molecule has 0 fully saturated rings. The van der Waals surface area contributed by atoms with Crippen molar-refractivity contribution in [1.29, 1.82) is 0 Å². The van der Waals surface area contributed by atoms with Gasteiger partial charge in [0.25, 0.3) is 5.91 Å². The SMILES string of the molecule is O=C(NC(=S)NCc1ccc(-c2ccc(Cl)cc2)o1)c1sc2ccccc2c1Cl. The number of benzene rings is 2. The summed E-state index contributed by atoms with van der Waals surface area (Å²) in [7, 11) is 0. The van der Waals surface area contributed by atoms with Crippen molar-refractivity contribution in [3.8, 4) is 11.3 Å². The Morgan fingerprint density at radius 3 is 2.55 bits per heavy atom. The van der Waals surface area contributed by atoms with Gasteiger partial charge in [-0.1, -0.05) is 41.4 Å². The maximum atomic E-state index is 12.5. The molecule has 0 aliphatic carbocycles. The molecule has 146 valence electrons. The number of carbonyl (C=O) groups excluding carboxylic acids is 1. The molecule has 2 N–H and O–H groups in total. The summed E-state index contributed by atoms with van der Waals surface area (Å²) >= 11 is 18.8. The van der Waals surface area contributed by atoms with Crippen LogP contribution in [0.15, 0.2) is 65.1 Å². The highest BCUT2D eigenvalue weighted by molar-refractivity contribution is 7.80. The fourth-order valence-electron chi connectivity index (χ4n) is 2.77. The number of thiophene rings is 1. The molecule has 2 aromatic carbocycles. The third-order valence-corrected chi connectivity index (χ3v) is 6.35. The first kappa shape index (κ1) is 19.9. The zero-order valence-electron chi connectivity index (χ0n) is 14.9. The lowest BCUT2D eigenvalue weighted by atomic mass is 10.2. The Labute approximate surface area is 186 Å². The molecule has 4 nitrogen and oxygen atoms in total. The number of halogens is 2. The molecule has 0 unspecified atom stereocenters. The van der Waals surface area contributed by atoms with Gasteiger partial charge in [-0.25, -0.2) is 0 Å². The molecule has 4 rings (SSSR count). The molecule has 1 amide bonds. The second-order valence-electron chi connectivity index (χ2n) is 6.15. The number of fused-ring (bicyclic) bond motifs is 1. The molecule has 2 aromatic heterocycles. The first-order valence-corrected chi connectivity index (χ1v) is 10.6. The smallest absolute Gasteiger partial charge is 0.269 e. The molecular formula is C21H14Cl2N2O2S2. The zero-order valence-corrected chi connectivity index (χ0v) is 18.0. The predicted molar refractivity (Wildman–Crippen MR) is 123 cm³/mol. The lowest BCUT2D eigenvalue weighted by Crippen LogP contribution is -2.38. The van der Waals surface area contributed by atoms with Gasteiger partial charge in [0, 0.05) is 20.7 Å². The van der Waals surface area contributed by atoms with Crippen molar-refractivity contribution in [1.82, 2.24) is 10.6 Å². The van der Waals surface area contributed by atoms with Crippen molar-refractivity contribution < 1.29 is 9.21 Å². The fourth-order valence-corrected chi connectivity index (χ4v) is 4.48. The van der Waals surface area contributed by atoms with Crippen LogP contribution in [0.4, 0.5) is 0 Å². The summed E-state index contributed by atoms with van der Waals surface area (Å²) < 4.78 is 6.76. The highest BCUT2D eigenvalue weighted by Gasteiger charge is 2.17. The molecule has 0 saturated carbocycles. The van der Waals surface area contributed by atoms with Gasteiger partial charge < -0.3 is 9.73 Å². The Hall–Kier alpha value is -2.38. The molecule has 2 heterocycles. The second kappa shape index (κ2) is 8.55. The average molecular weight is 461 g/mol. The molecule has 0 atom stereocenters. The van der Waals surface area contributed by atoms with E-state index >= 15 is 0 Å². The van der Waals surface area contributed by atoms with Crippen LogP contribution >= 0.6 is 46.8 Å². The third-order valence-electron chi connectivity index (χ3n) is 4.18. The van der Waals surface area contributed by atoms with Crippen LogP contribution in [0.5, 0.6) is 0 Å². The monoisotopic (exact) mass is 460 g/mol. The Kier molecular flexibility index (Phi) is 5.87. The molecule has 4 aromatic rings. The van der Waals surface area contributed by atoms with Crippen molar-refractivity contribution in [3.05, 3.63) is 81.3 Å². The van der Waals surface area contributed by atoms with Gasteiger partial charge in [-0.2, -0.15) is 0 Å². The van der Waals surface area contributed by atoms with E-state index in [1.807, 2.05) is 48.5 Å². The minimum absolute atomic E-state index is 0.202. The van der Waals surface area contributed by atoms with Gasteiger partial charge in [-0.15, -0.1) is 11.3 Å². The largest absolute Gasteiger partial charge is 0.459 e. The highest BCUT2D eigenvalue weighted by Crippen LogP contribution is 2.35. The number of nitrogens with one attached hydrogen (secondary N) is 2. The number of rotatable bonds is 4. The average Bonchev–Trinajstić information content (AvgIpc) is 3.32. The van der Waals surface area contributed by atoms with Crippen LogP contribution in [-0.4, -0.2) is 11.0 Å². The molecule has 0 aliphatic heterocycles. The van der Waals surface area contributed by atoms with Crippen molar-refractivity contribution in [2.45, 2.75) is 6.54 Å². The number of carbonyl (C=O) groups is 1. The first-order chi connectivity index (χ1) is 14.0. The van der Waals surface area contributed by atoms with E-state index in [4.69, 9.17) is 39.8 Å². The Morgan fingerprint density at radius 1 is 1.03 bits per heavy atom. The van der Waals surface area contributed by atoms with E-state index in [2.05, 4.69) is 10.6 Å². The molecular weight excluding hydrogens is 447 g/mol. The van der Waals surface area contributed by atoms with Gasteiger partial charge in [0.05, 0.1) is 11.6 Å². The standard InChI is InChI=1S/C21H14Cl2N2O2S2/c22-13-7-5-12(6-8-13)16-10-9-14(27-16)11-24-21(28)25-20(26)19-18(23)15-3-1-2-4-17(15)29-19/h1-10H,11H2,(H2,24,25,26,28). The quantitative estimate of drug-likeness (QED) is 0.352. The van der Waals surface area contributed by atoms with Crippen LogP contribution in [0.2, 0.25) is 10.0 Å². The van der Waals surface area contributed by atoms with Crippen LogP contribution in [0.3, 0.4) is 0 Å². The number of hydrogen-bond donors (Lipinski definition) is 2. The zero-order chi connectivity index (χ0) is 20.4. The lowest BCUT2D eigenvalue weighted by Gasteiger charge is -2.07. The summed E-state index contributed by atoms with van der Waals surface area (Å²) in [6.45, 7) is 0.340. The molecule has 0 spiro atoms. The van der Waals surface area contributed by atoms with Gasteiger partial charge in [0.2, 0.25) is 0 Å². The van der Waals surface area contributed by atoms with Crippen LogP contribution < -0.4 is 10.6 Å². The van der Waals surface area contributed by atoms with E-state index in [1.165, 1.54) is 11.3 Å². The summed E-state index contributed by atoms with van der Waals surface area (Å²) in [6, 6.07) is 18.7. The fraction of sp³-hybridized carbons (Fsp3) is 0.0476. The van der Waals surface area contributed by atoms with E-state index in [9.17, 15) is 4.79 Å². The van der Waals surface area contributed by atoms with Gasteiger partial charge in [-0.3, -0.25) is 10.1 Å². The summed E-state index contributed by atoms with van der Waals surface area (Å²) in [5.41, 5.74) is 0.927. The number of hydrogen-bond acceptors (Lipinski definition) is 4. The van der Waals surface area contributed by atoms with Gasteiger partial charge in [0.15, 0.2) is 5.11 Å². The second-order valence-corrected chi connectivity index (χ2v) is 8.43. The Morgan fingerprint density at radius 2 is 1.79 bits per heavy atom. The summed E-state index contributed by atoms with van der Waals surface area (Å²) in [5.74, 6) is 1.08. The van der Waals surface area contributed by atoms with E-state index < -0.39 is 0 Å². The van der Waals surface area contributed by atoms with Gasteiger partial charge in [-0.05, 0) is 54.7 Å². The van der Waals surface area contributed by atoms with Crippen molar-refractivity contribution in [2.24, 2.45) is 0 Å². The Balaban J connectivity index is 1.37. The minimum atomic E-state index is -0.338. The van der Waals surface area contributed by atoms with E-state index in [0.29, 0.717) is 27.2 Å². The van der Waals surface area contributed by atoms with Crippen LogP contribution in [0, 0.1) is 0 Å². The normalized spacial score (nSPS) is 10.8. The molecule has 0 aliphatic rings. The minimum Gasteiger partial charge on any atom is -0.459 e. The number of amides is 1. The Bertz CT molecular complexity index is 1200. The molecule has 29 heavy (non-hydrogen) atoms. The highest BCUT2D eigenvalue weighted by atomic mass is 35.5. The summed E-state index contributed by atoms with van der Waals surface area (Å²) in [4.78, 5) is 13.0. The van der Waals surface area contributed by atoms with Crippen molar-refractivity contribution in [2.75, 3.05) is 0 Å². The van der Waals surface area contributed by atoms with Gasteiger partial charge in [0.1, 0.15) is 16.4 Å². The van der Waals surface area contributed by atoms with E-state index in [-0.39, 0.29) is 11.0 Å². The maximum Gasteiger partial charge on any atom is 0.269 e. The summed E-state index contributed by atoms with van der Waals surface area (Å²) in [5, 5.41) is 7.80. The molecule has 0 bridgehead atoms. The van der Waals surface area contributed by atoms with Crippen LogP contribution in [0.1, 0.15) is 15.4 Å². The van der Waals surface area contributed by atoms with Crippen LogP contribution in [0.25, 0.3) is 21.4 Å². The van der Waals surface area contributed by atoms with Crippen molar-refractivity contribution >= 4 is 67.9 Å². The molecule has 0 radical (unpaired) electrons. The number of thiocarbonyl (C=S) groups is 1. The summed E-state index contributed by atoms with van der Waals surface area (Å²) in [6.07, 6.45) is 0. The third kappa shape index (κ3) is 4.46. The molecule has 0 saturated heterocycles. The van der Waals surface area contributed by atoms with Crippen LogP contribution in [-0.2, 0) is 6.54 Å². The molecule has 8 heteroatoms. The topological polar surface area (TPSA) is 54.3 Å².